The summed E-state index contributed by atoms with van der Waals surface area (Å²) < 4.78 is 5.11. The van der Waals surface area contributed by atoms with Gasteiger partial charge in [-0.3, -0.25) is 5.43 Å². The SMILES string of the molecule is CCCCCCCCOC(=O)NNC1CCCNC1. The van der Waals surface area contributed by atoms with Crippen LogP contribution in [0.4, 0.5) is 4.79 Å². The summed E-state index contributed by atoms with van der Waals surface area (Å²) in [7, 11) is 0. The fourth-order valence-corrected chi connectivity index (χ4v) is 2.22. The maximum absolute atomic E-state index is 11.4. The van der Waals surface area contributed by atoms with Gasteiger partial charge in [-0.25, -0.2) is 10.2 Å². The number of hydrogen-bond acceptors (Lipinski definition) is 4. The van der Waals surface area contributed by atoms with Gasteiger partial charge in [-0.2, -0.15) is 0 Å². The molecule has 112 valence electrons. The van der Waals surface area contributed by atoms with Crippen LogP contribution in [0, 0.1) is 0 Å². The van der Waals surface area contributed by atoms with Crippen molar-refractivity contribution in [3.63, 3.8) is 0 Å². The number of piperidine rings is 1. The number of unbranched alkanes of at least 4 members (excludes halogenated alkanes) is 5. The summed E-state index contributed by atoms with van der Waals surface area (Å²) in [6, 6.07) is 0.315. The number of nitrogens with one attached hydrogen (secondary N) is 3. The molecule has 0 spiro atoms. The molecule has 1 amide bonds. The lowest BCUT2D eigenvalue weighted by Crippen LogP contribution is -2.51. The summed E-state index contributed by atoms with van der Waals surface area (Å²) in [5, 5.41) is 3.28. The summed E-state index contributed by atoms with van der Waals surface area (Å²) in [4.78, 5) is 11.4. The molecule has 5 nitrogen and oxygen atoms in total. The van der Waals surface area contributed by atoms with E-state index >= 15 is 0 Å². The number of ether oxygens (including phenoxy) is 1. The standard InChI is InChI=1S/C14H29N3O2/c1-2-3-4-5-6-7-11-19-14(18)17-16-13-9-8-10-15-12-13/h13,15-16H,2-12H2,1H3,(H,17,18). The minimum absolute atomic E-state index is 0.315. The minimum Gasteiger partial charge on any atom is -0.449 e. The molecule has 1 rings (SSSR count). The van der Waals surface area contributed by atoms with E-state index < -0.39 is 0 Å². The Labute approximate surface area is 116 Å². The zero-order chi connectivity index (χ0) is 13.8. The van der Waals surface area contributed by atoms with Crippen molar-refractivity contribution in [2.75, 3.05) is 19.7 Å². The second kappa shape index (κ2) is 11.1. The molecule has 1 atom stereocenters. The highest BCUT2D eigenvalue weighted by atomic mass is 16.6. The topological polar surface area (TPSA) is 62.4 Å². The molecule has 1 aliphatic heterocycles. The predicted molar refractivity (Wildman–Crippen MR) is 76.9 cm³/mol. The average Bonchev–Trinajstić information content (AvgIpc) is 2.45. The molecular weight excluding hydrogens is 242 g/mol. The van der Waals surface area contributed by atoms with E-state index in [-0.39, 0.29) is 6.09 Å². The maximum Gasteiger partial charge on any atom is 0.421 e. The molecule has 5 heteroatoms. The third-order valence-corrected chi connectivity index (χ3v) is 3.41. The Morgan fingerprint density at radius 3 is 2.79 bits per heavy atom. The van der Waals surface area contributed by atoms with Crippen molar-refractivity contribution in [2.45, 2.75) is 64.3 Å². The van der Waals surface area contributed by atoms with Gasteiger partial charge in [-0.1, -0.05) is 39.0 Å². The summed E-state index contributed by atoms with van der Waals surface area (Å²) >= 11 is 0. The van der Waals surface area contributed by atoms with E-state index in [0.29, 0.717) is 12.6 Å². The van der Waals surface area contributed by atoms with Crippen LogP contribution in [-0.2, 0) is 4.74 Å². The van der Waals surface area contributed by atoms with Crippen LogP contribution in [0.2, 0.25) is 0 Å². The van der Waals surface area contributed by atoms with Crippen LogP contribution in [-0.4, -0.2) is 31.8 Å². The van der Waals surface area contributed by atoms with E-state index in [0.717, 1.165) is 38.8 Å². The van der Waals surface area contributed by atoms with Crippen molar-refractivity contribution in [1.82, 2.24) is 16.2 Å². The number of carbonyl (C=O) groups excluding carboxylic acids is 1. The fourth-order valence-electron chi connectivity index (χ4n) is 2.22. The van der Waals surface area contributed by atoms with Crippen LogP contribution in [0.5, 0.6) is 0 Å². The molecule has 0 aromatic heterocycles. The highest BCUT2D eigenvalue weighted by Gasteiger charge is 2.13. The van der Waals surface area contributed by atoms with Crippen molar-refractivity contribution >= 4 is 6.09 Å². The molecule has 1 fully saturated rings. The highest BCUT2D eigenvalue weighted by molar-refractivity contribution is 5.66. The Hall–Kier alpha value is -0.810. The molecule has 19 heavy (non-hydrogen) atoms. The predicted octanol–water partition coefficient (Wildman–Crippen LogP) is 2.33. The number of amides is 1. The van der Waals surface area contributed by atoms with Crippen molar-refractivity contribution in [1.29, 1.82) is 0 Å². The van der Waals surface area contributed by atoms with Gasteiger partial charge in [0.15, 0.2) is 0 Å². The lowest BCUT2D eigenvalue weighted by Gasteiger charge is -2.23. The van der Waals surface area contributed by atoms with Crippen LogP contribution >= 0.6 is 0 Å². The minimum atomic E-state index is -0.362. The smallest absolute Gasteiger partial charge is 0.421 e. The molecule has 1 saturated heterocycles. The van der Waals surface area contributed by atoms with Crippen LogP contribution in [0.15, 0.2) is 0 Å². The molecule has 0 aliphatic carbocycles. The Kier molecular flexibility index (Phi) is 9.45. The molecule has 0 aromatic carbocycles. The second-order valence-electron chi connectivity index (χ2n) is 5.22. The monoisotopic (exact) mass is 271 g/mol. The van der Waals surface area contributed by atoms with Crippen molar-refractivity contribution in [2.24, 2.45) is 0 Å². The van der Waals surface area contributed by atoms with Crippen LogP contribution in [0.25, 0.3) is 0 Å². The Morgan fingerprint density at radius 1 is 1.26 bits per heavy atom. The van der Waals surface area contributed by atoms with E-state index in [1.54, 1.807) is 0 Å². The Bertz CT molecular complexity index is 231. The zero-order valence-corrected chi connectivity index (χ0v) is 12.2. The Morgan fingerprint density at radius 2 is 2.05 bits per heavy atom. The van der Waals surface area contributed by atoms with Gasteiger partial charge in [0.05, 0.1) is 6.61 Å². The van der Waals surface area contributed by atoms with Crippen LogP contribution in [0.3, 0.4) is 0 Å². The molecule has 3 N–H and O–H groups in total. The van der Waals surface area contributed by atoms with E-state index in [1.807, 2.05) is 0 Å². The Balaban J connectivity index is 1.87. The normalized spacial score (nSPS) is 19.1. The van der Waals surface area contributed by atoms with Gasteiger partial charge in [-0.05, 0) is 25.8 Å². The highest BCUT2D eigenvalue weighted by Crippen LogP contribution is 2.05. The second-order valence-corrected chi connectivity index (χ2v) is 5.22. The van der Waals surface area contributed by atoms with E-state index in [9.17, 15) is 4.79 Å². The number of rotatable bonds is 9. The van der Waals surface area contributed by atoms with E-state index in [2.05, 4.69) is 23.1 Å². The number of hydrazine groups is 1. The van der Waals surface area contributed by atoms with Gasteiger partial charge in [0.2, 0.25) is 0 Å². The van der Waals surface area contributed by atoms with Crippen LogP contribution < -0.4 is 16.2 Å². The van der Waals surface area contributed by atoms with Crippen molar-refractivity contribution in [3.8, 4) is 0 Å². The van der Waals surface area contributed by atoms with Crippen molar-refractivity contribution in [3.05, 3.63) is 0 Å². The lowest BCUT2D eigenvalue weighted by atomic mass is 10.1. The first-order valence-corrected chi connectivity index (χ1v) is 7.72. The first-order valence-electron chi connectivity index (χ1n) is 7.72. The fraction of sp³-hybridized carbons (Fsp3) is 0.929. The molecule has 1 unspecified atom stereocenters. The molecule has 0 bridgehead atoms. The molecule has 0 radical (unpaired) electrons. The van der Waals surface area contributed by atoms with Gasteiger partial charge in [0.1, 0.15) is 0 Å². The number of carbonyl (C=O) groups is 1. The quantitative estimate of drug-likeness (QED) is 0.445. The largest absolute Gasteiger partial charge is 0.449 e. The molecule has 1 aliphatic rings. The third kappa shape index (κ3) is 8.83. The molecule has 1 heterocycles. The summed E-state index contributed by atoms with van der Waals surface area (Å²) in [6.07, 6.45) is 9.08. The van der Waals surface area contributed by atoms with Gasteiger partial charge in [0.25, 0.3) is 0 Å². The van der Waals surface area contributed by atoms with Gasteiger partial charge >= 0.3 is 6.09 Å². The summed E-state index contributed by atoms with van der Waals surface area (Å²) in [5.41, 5.74) is 5.62. The average molecular weight is 271 g/mol. The van der Waals surface area contributed by atoms with Crippen LogP contribution in [0.1, 0.15) is 58.3 Å². The van der Waals surface area contributed by atoms with E-state index in [1.165, 1.54) is 25.7 Å². The van der Waals surface area contributed by atoms with Gasteiger partial charge < -0.3 is 10.1 Å². The van der Waals surface area contributed by atoms with Gasteiger partial charge in [-0.15, -0.1) is 0 Å². The summed E-state index contributed by atoms with van der Waals surface area (Å²) in [6.45, 7) is 4.70. The zero-order valence-electron chi connectivity index (χ0n) is 12.2. The molecule has 0 saturated carbocycles. The first-order chi connectivity index (χ1) is 9.33. The summed E-state index contributed by atoms with van der Waals surface area (Å²) in [5.74, 6) is 0. The first kappa shape index (κ1) is 16.2. The van der Waals surface area contributed by atoms with Gasteiger partial charge in [0, 0.05) is 12.6 Å². The third-order valence-electron chi connectivity index (χ3n) is 3.41. The maximum atomic E-state index is 11.4. The number of hydrogen-bond donors (Lipinski definition) is 3. The molecular formula is C14H29N3O2. The molecule has 0 aromatic rings. The lowest BCUT2D eigenvalue weighted by molar-refractivity contribution is 0.136. The van der Waals surface area contributed by atoms with Crippen molar-refractivity contribution < 1.29 is 9.53 Å². The van der Waals surface area contributed by atoms with E-state index in [4.69, 9.17) is 4.74 Å².